The number of thiazole rings is 1. The first-order chi connectivity index (χ1) is 7.58. The number of rotatable bonds is 2. The van der Waals surface area contributed by atoms with Crippen LogP contribution in [0, 0.1) is 5.82 Å². The van der Waals surface area contributed by atoms with Crippen LogP contribution in [0.5, 0.6) is 0 Å². The summed E-state index contributed by atoms with van der Waals surface area (Å²) < 4.78 is 13.6. The number of benzene rings is 1. The lowest BCUT2D eigenvalue weighted by Crippen LogP contribution is -1.90. The van der Waals surface area contributed by atoms with Crippen molar-refractivity contribution in [3.63, 3.8) is 0 Å². The first-order valence-corrected chi connectivity index (χ1v) is 5.96. The summed E-state index contributed by atoms with van der Waals surface area (Å²) in [5.74, 6) is 0.0477. The number of nitrogens with two attached hydrogens (primary N) is 1. The molecule has 0 amide bonds. The number of hydrogen-bond acceptors (Lipinski definition) is 3. The summed E-state index contributed by atoms with van der Waals surface area (Å²) in [6.07, 6.45) is 0. The number of hydrogen-bond donors (Lipinski definition) is 1. The highest BCUT2D eigenvalue weighted by molar-refractivity contribution is 7.13. The Morgan fingerprint density at radius 2 is 2.12 bits per heavy atom. The molecule has 0 fully saturated rings. The van der Waals surface area contributed by atoms with Gasteiger partial charge in [0.25, 0.3) is 0 Å². The molecule has 2 rings (SSSR count). The topological polar surface area (TPSA) is 38.9 Å². The van der Waals surface area contributed by atoms with Crippen molar-refractivity contribution in [3.8, 4) is 10.6 Å². The summed E-state index contributed by atoms with van der Waals surface area (Å²) in [6.45, 7) is 4.14. The molecular weight excluding hydrogens is 223 g/mol. The lowest BCUT2D eigenvalue weighted by Gasteiger charge is -2.01. The molecule has 2 N–H and O–H groups in total. The second-order valence-corrected chi connectivity index (χ2v) is 4.83. The van der Waals surface area contributed by atoms with Crippen molar-refractivity contribution in [2.75, 3.05) is 5.73 Å². The highest BCUT2D eigenvalue weighted by Gasteiger charge is 2.11. The molecule has 0 aliphatic rings. The Hall–Kier alpha value is -1.42. The van der Waals surface area contributed by atoms with E-state index in [4.69, 9.17) is 5.73 Å². The van der Waals surface area contributed by atoms with Gasteiger partial charge in [-0.15, -0.1) is 11.3 Å². The van der Waals surface area contributed by atoms with Gasteiger partial charge < -0.3 is 5.73 Å². The third-order valence-corrected chi connectivity index (χ3v) is 3.23. The van der Waals surface area contributed by atoms with E-state index in [0.29, 0.717) is 22.2 Å². The monoisotopic (exact) mass is 236 g/mol. The van der Waals surface area contributed by atoms with Crippen molar-refractivity contribution in [2.24, 2.45) is 0 Å². The van der Waals surface area contributed by atoms with Crippen LogP contribution in [0.4, 0.5) is 10.1 Å². The Labute approximate surface area is 97.9 Å². The molecule has 1 aromatic carbocycles. The average molecular weight is 236 g/mol. The summed E-state index contributed by atoms with van der Waals surface area (Å²) in [7, 11) is 0. The highest BCUT2D eigenvalue weighted by atomic mass is 32.1. The van der Waals surface area contributed by atoms with E-state index >= 15 is 0 Å². The Morgan fingerprint density at radius 1 is 1.38 bits per heavy atom. The molecule has 1 heterocycles. The van der Waals surface area contributed by atoms with E-state index in [1.165, 1.54) is 17.4 Å². The zero-order valence-electron chi connectivity index (χ0n) is 9.20. The molecule has 0 aliphatic heterocycles. The van der Waals surface area contributed by atoms with Crippen LogP contribution in [0.25, 0.3) is 10.6 Å². The summed E-state index contributed by atoms with van der Waals surface area (Å²) in [6, 6.07) is 4.69. The minimum atomic E-state index is -0.315. The third kappa shape index (κ3) is 2.07. The highest BCUT2D eigenvalue weighted by Crippen LogP contribution is 2.29. The number of anilines is 1. The van der Waals surface area contributed by atoms with Gasteiger partial charge in [0.15, 0.2) is 0 Å². The number of nitrogen functional groups attached to an aromatic ring is 1. The summed E-state index contributed by atoms with van der Waals surface area (Å²) in [5.41, 5.74) is 7.45. The van der Waals surface area contributed by atoms with E-state index in [0.717, 1.165) is 5.69 Å². The van der Waals surface area contributed by atoms with Crippen LogP contribution in [0.1, 0.15) is 25.5 Å². The molecule has 84 valence electrons. The van der Waals surface area contributed by atoms with E-state index < -0.39 is 0 Å². The molecule has 0 radical (unpaired) electrons. The molecule has 0 atom stereocenters. The maximum absolute atomic E-state index is 13.6. The van der Waals surface area contributed by atoms with Crippen molar-refractivity contribution in [1.29, 1.82) is 0 Å². The molecular formula is C12H13FN2S. The first-order valence-electron chi connectivity index (χ1n) is 5.08. The van der Waals surface area contributed by atoms with Crippen LogP contribution >= 0.6 is 11.3 Å². The normalized spacial score (nSPS) is 11.0. The molecule has 0 spiro atoms. The van der Waals surface area contributed by atoms with E-state index in [2.05, 4.69) is 18.8 Å². The van der Waals surface area contributed by atoms with Gasteiger partial charge in [-0.2, -0.15) is 0 Å². The SMILES string of the molecule is CC(C)c1csc(-c2ccc(N)cc2F)n1. The van der Waals surface area contributed by atoms with Gasteiger partial charge in [0.1, 0.15) is 10.8 Å². The van der Waals surface area contributed by atoms with Crippen LogP contribution in [-0.2, 0) is 0 Å². The van der Waals surface area contributed by atoms with Gasteiger partial charge in [-0.3, -0.25) is 0 Å². The first kappa shape index (κ1) is 11.1. The number of aromatic nitrogens is 1. The van der Waals surface area contributed by atoms with Crippen molar-refractivity contribution in [1.82, 2.24) is 4.98 Å². The Balaban J connectivity index is 2.42. The standard InChI is InChI=1S/C12H13FN2S/c1-7(2)11-6-16-12(15-11)9-4-3-8(14)5-10(9)13/h3-7H,14H2,1-2H3. The fourth-order valence-electron chi connectivity index (χ4n) is 1.38. The van der Waals surface area contributed by atoms with Gasteiger partial charge in [0.2, 0.25) is 0 Å². The zero-order valence-corrected chi connectivity index (χ0v) is 10.0. The quantitative estimate of drug-likeness (QED) is 0.808. The van der Waals surface area contributed by atoms with Crippen LogP contribution in [0.15, 0.2) is 23.6 Å². The van der Waals surface area contributed by atoms with Crippen molar-refractivity contribution in [3.05, 3.63) is 35.1 Å². The van der Waals surface area contributed by atoms with Gasteiger partial charge in [-0.05, 0) is 24.1 Å². The second-order valence-electron chi connectivity index (χ2n) is 3.97. The van der Waals surface area contributed by atoms with Gasteiger partial charge in [-0.25, -0.2) is 9.37 Å². The molecule has 0 saturated heterocycles. The van der Waals surface area contributed by atoms with E-state index in [-0.39, 0.29) is 5.82 Å². The predicted octanol–water partition coefficient (Wildman–Crippen LogP) is 3.65. The lowest BCUT2D eigenvalue weighted by atomic mass is 10.1. The molecule has 0 aliphatic carbocycles. The number of halogens is 1. The molecule has 16 heavy (non-hydrogen) atoms. The molecule has 4 heteroatoms. The van der Waals surface area contributed by atoms with Gasteiger partial charge in [-0.1, -0.05) is 13.8 Å². The largest absolute Gasteiger partial charge is 0.399 e. The second kappa shape index (κ2) is 4.22. The Kier molecular flexibility index (Phi) is 2.92. The molecule has 1 aromatic heterocycles. The average Bonchev–Trinajstić information content (AvgIpc) is 2.66. The van der Waals surface area contributed by atoms with Crippen LogP contribution < -0.4 is 5.73 Å². The van der Waals surface area contributed by atoms with Crippen molar-refractivity contribution >= 4 is 17.0 Å². The van der Waals surface area contributed by atoms with E-state index in [9.17, 15) is 4.39 Å². The predicted molar refractivity (Wildman–Crippen MR) is 66.0 cm³/mol. The fourth-order valence-corrected chi connectivity index (χ4v) is 2.39. The van der Waals surface area contributed by atoms with Gasteiger partial charge in [0.05, 0.1) is 5.69 Å². The minimum absolute atomic E-state index is 0.315. The zero-order chi connectivity index (χ0) is 11.7. The smallest absolute Gasteiger partial charge is 0.135 e. The third-order valence-electron chi connectivity index (χ3n) is 2.34. The van der Waals surface area contributed by atoms with Gasteiger partial charge >= 0.3 is 0 Å². The van der Waals surface area contributed by atoms with E-state index in [1.807, 2.05) is 5.38 Å². The minimum Gasteiger partial charge on any atom is -0.399 e. The van der Waals surface area contributed by atoms with Crippen LogP contribution in [-0.4, -0.2) is 4.98 Å². The summed E-state index contributed by atoms with van der Waals surface area (Å²) in [4.78, 5) is 4.41. The lowest BCUT2D eigenvalue weighted by molar-refractivity contribution is 0.631. The number of nitrogens with zero attached hydrogens (tertiary/aromatic N) is 1. The maximum Gasteiger partial charge on any atom is 0.135 e. The molecule has 0 bridgehead atoms. The fraction of sp³-hybridized carbons (Fsp3) is 0.250. The molecule has 0 saturated carbocycles. The molecule has 2 aromatic rings. The summed E-state index contributed by atoms with van der Waals surface area (Å²) in [5, 5.41) is 2.68. The van der Waals surface area contributed by atoms with Crippen molar-refractivity contribution in [2.45, 2.75) is 19.8 Å². The van der Waals surface area contributed by atoms with Crippen LogP contribution in [0.3, 0.4) is 0 Å². The summed E-state index contributed by atoms with van der Waals surface area (Å²) >= 11 is 1.46. The van der Waals surface area contributed by atoms with Crippen LogP contribution in [0.2, 0.25) is 0 Å². The van der Waals surface area contributed by atoms with Gasteiger partial charge in [0, 0.05) is 16.6 Å². The Morgan fingerprint density at radius 3 is 2.69 bits per heavy atom. The van der Waals surface area contributed by atoms with Crippen molar-refractivity contribution < 1.29 is 4.39 Å². The molecule has 0 unspecified atom stereocenters. The molecule has 2 nitrogen and oxygen atoms in total. The van der Waals surface area contributed by atoms with E-state index in [1.54, 1.807) is 12.1 Å². The Bertz CT molecular complexity index is 505. The maximum atomic E-state index is 13.6.